The highest BCUT2D eigenvalue weighted by atomic mass is 79.9. The van der Waals surface area contributed by atoms with E-state index in [1.807, 2.05) is 13.8 Å². The van der Waals surface area contributed by atoms with E-state index in [1.54, 1.807) is 43.5 Å². The highest BCUT2D eigenvalue weighted by molar-refractivity contribution is 9.10. The van der Waals surface area contributed by atoms with Crippen LogP contribution >= 0.6 is 15.9 Å². The maximum Gasteiger partial charge on any atom is 0.262 e. The molecule has 2 amide bonds. The summed E-state index contributed by atoms with van der Waals surface area (Å²) in [4.78, 5) is 24.9. The lowest BCUT2D eigenvalue weighted by atomic mass is 10.0. The lowest BCUT2D eigenvalue weighted by Crippen LogP contribution is -2.48. The van der Waals surface area contributed by atoms with Crippen molar-refractivity contribution >= 4 is 34.0 Å². The molecule has 0 saturated heterocycles. The van der Waals surface area contributed by atoms with Crippen molar-refractivity contribution in [3.8, 4) is 11.5 Å². The van der Waals surface area contributed by atoms with Crippen LogP contribution in [0.25, 0.3) is 0 Å². The number of nitrogens with one attached hydrogen (secondary N) is 2. The minimum atomic E-state index is -0.752. The molecule has 2 aromatic carbocycles. The number of phenols is 1. The van der Waals surface area contributed by atoms with Gasteiger partial charge in [-0.1, -0.05) is 13.8 Å². The Bertz CT molecular complexity index is 866. The second kappa shape index (κ2) is 9.89. The summed E-state index contributed by atoms with van der Waals surface area (Å²) in [5.41, 5.74) is 3.56. The summed E-state index contributed by atoms with van der Waals surface area (Å²) in [6.45, 7) is 3.67. The molecule has 2 aromatic rings. The second-order valence-electron chi connectivity index (χ2n) is 6.37. The first-order valence-corrected chi connectivity index (χ1v) is 9.37. The van der Waals surface area contributed by atoms with Crippen LogP contribution in [0.5, 0.6) is 11.5 Å². The van der Waals surface area contributed by atoms with Gasteiger partial charge < -0.3 is 15.2 Å². The number of halogens is 1. The van der Waals surface area contributed by atoms with Gasteiger partial charge in [-0.15, -0.1) is 0 Å². The van der Waals surface area contributed by atoms with Crippen LogP contribution in [0, 0.1) is 5.92 Å². The van der Waals surface area contributed by atoms with Crippen molar-refractivity contribution in [2.24, 2.45) is 11.0 Å². The third kappa shape index (κ3) is 5.82. The topological polar surface area (TPSA) is 100 Å². The Morgan fingerprint density at radius 1 is 1.18 bits per heavy atom. The van der Waals surface area contributed by atoms with E-state index in [-0.39, 0.29) is 17.6 Å². The lowest BCUT2D eigenvalue weighted by Gasteiger charge is -2.20. The van der Waals surface area contributed by atoms with E-state index in [4.69, 9.17) is 4.74 Å². The molecule has 0 aromatic heterocycles. The second-order valence-corrected chi connectivity index (χ2v) is 7.22. The number of methoxy groups -OCH3 is 1. The SMILES string of the molecule is COc1ccc(C(=O)NC(C(=O)NN=Cc2ccc(O)c(Br)c2)C(C)C)cc1. The molecule has 148 valence electrons. The molecule has 0 saturated carbocycles. The van der Waals surface area contributed by atoms with Crippen molar-refractivity contribution in [2.75, 3.05) is 7.11 Å². The van der Waals surface area contributed by atoms with Crippen LogP contribution in [-0.2, 0) is 4.79 Å². The molecule has 7 nitrogen and oxygen atoms in total. The Balaban J connectivity index is 2.01. The van der Waals surface area contributed by atoms with E-state index >= 15 is 0 Å². The molecular weight excluding hydrogens is 426 g/mol. The maximum absolute atomic E-state index is 12.5. The molecule has 0 fully saturated rings. The number of nitrogens with zero attached hydrogens (tertiary/aromatic N) is 1. The van der Waals surface area contributed by atoms with Crippen molar-refractivity contribution in [2.45, 2.75) is 19.9 Å². The van der Waals surface area contributed by atoms with Gasteiger partial charge in [-0.2, -0.15) is 5.10 Å². The number of phenolic OH excluding ortho intramolecular Hbond substituents is 1. The van der Waals surface area contributed by atoms with Gasteiger partial charge in [0.1, 0.15) is 17.5 Å². The fourth-order valence-electron chi connectivity index (χ4n) is 2.35. The van der Waals surface area contributed by atoms with Crippen molar-refractivity contribution < 1.29 is 19.4 Å². The third-order valence-corrected chi connectivity index (χ3v) is 4.58. The van der Waals surface area contributed by atoms with Crippen molar-refractivity contribution in [3.05, 3.63) is 58.1 Å². The molecule has 8 heteroatoms. The van der Waals surface area contributed by atoms with Gasteiger partial charge in [-0.05, 0) is 69.9 Å². The molecular formula is C20H22BrN3O4. The largest absolute Gasteiger partial charge is 0.507 e. The van der Waals surface area contributed by atoms with Crippen LogP contribution in [0.15, 0.2) is 52.0 Å². The Labute approximate surface area is 171 Å². The average molecular weight is 448 g/mol. The predicted molar refractivity (Wildman–Crippen MR) is 111 cm³/mol. The van der Waals surface area contributed by atoms with Crippen molar-refractivity contribution in [3.63, 3.8) is 0 Å². The Morgan fingerprint density at radius 2 is 1.86 bits per heavy atom. The molecule has 2 rings (SSSR count). The summed E-state index contributed by atoms with van der Waals surface area (Å²) in [5, 5.41) is 16.1. The molecule has 0 heterocycles. The number of aromatic hydroxyl groups is 1. The van der Waals surface area contributed by atoms with Gasteiger partial charge in [0.25, 0.3) is 11.8 Å². The van der Waals surface area contributed by atoms with E-state index in [0.717, 1.165) is 0 Å². The molecule has 3 N–H and O–H groups in total. The number of carbonyl (C=O) groups excluding carboxylic acids is 2. The summed E-state index contributed by atoms with van der Waals surface area (Å²) >= 11 is 3.21. The molecule has 0 radical (unpaired) electrons. The summed E-state index contributed by atoms with van der Waals surface area (Å²) in [6, 6.07) is 10.7. The predicted octanol–water partition coefficient (Wildman–Crippen LogP) is 3.07. The fraction of sp³-hybridized carbons (Fsp3) is 0.250. The Morgan fingerprint density at radius 3 is 2.43 bits per heavy atom. The number of hydrogen-bond donors (Lipinski definition) is 3. The fourth-order valence-corrected chi connectivity index (χ4v) is 2.74. The summed E-state index contributed by atoms with van der Waals surface area (Å²) < 4.78 is 5.60. The summed E-state index contributed by atoms with van der Waals surface area (Å²) in [7, 11) is 1.55. The van der Waals surface area contributed by atoms with Gasteiger partial charge in [0.15, 0.2) is 0 Å². The highest BCUT2D eigenvalue weighted by Gasteiger charge is 2.24. The monoisotopic (exact) mass is 447 g/mol. The average Bonchev–Trinajstić information content (AvgIpc) is 2.68. The molecule has 0 aliphatic heterocycles. The minimum absolute atomic E-state index is 0.113. The van der Waals surface area contributed by atoms with E-state index in [1.165, 1.54) is 12.3 Å². The first-order chi connectivity index (χ1) is 13.3. The summed E-state index contributed by atoms with van der Waals surface area (Å²) in [5.74, 6) is -0.165. The standard InChI is InChI=1S/C20H22BrN3O4/c1-12(2)18(23-19(26)14-5-7-15(28-3)8-6-14)20(27)24-22-11-13-4-9-17(25)16(21)10-13/h4-12,18,25H,1-3H3,(H,23,26)(H,24,27). The Kier molecular flexibility index (Phi) is 7.57. The molecule has 1 atom stereocenters. The van der Waals surface area contributed by atoms with Gasteiger partial charge in [0.05, 0.1) is 17.8 Å². The normalized spacial score (nSPS) is 12.0. The molecule has 0 bridgehead atoms. The van der Waals surface area contributed by atoms with Gasteiger partial charge in [-0.25, -0.2) is 5.43 Å². The zero-order valence-corrected chi connectivity index (χ0v) is 17.4. The quantitative estimate of drug-likeness (QED) is 0.448. The number of hydrogen-bond acceptors (Lipinski definition) is 5. The highest BCUT2D eigenvalue weighted by Crippen LogP contribution is 2.23. The molecule has 1 unspecified atom stereocenters. The van der Waals surface area contributed by atoms with Crippen LogP contribution < -0.4 is 15.5 Å². The number of ether oxygens (including phenoxy) is 1. The number of hydrazone groups is 1. The van der Waals surface area contributed by atoms with Crippen molar-refractivity contribution in [1.82, 2.24) is 10.7 Å². The third-order valence-electron chi connectivity index (χ3n) is 3.95. The van der Waals surface area contributed by atoms with Crippen LogP contribution in [0.4, 0.5) is 0 Å². The van der Waals surface area contributed by atoms with Gasteiger partial charge in [0.2, 0.25) is 0 Å². The number of carbonyl (C=O) groups is 2. The van der Waals surface area contributed by atoms with E-state index in [0.29, 0.717) is 21.3 Å². The van der Waals surface area contributed by atoms with Gasteiger partial charge >= 0.3 is 0 Å². The van der Waals surface area contributed by atoms with E-state index in [2.05, 4.69) is 31.8 Å². The van der Waals surface area contributed by atoms with E-state index < -0.39 is 11.9 Å². The molecule has 0 aliphatic carbocycles. The number of amides is 2. The summed E-state index contributed by atoms with van der Waals surface area (Å²) in [6.07, 6.45) is 1.45. The van der Waals surface area contributed by atoms with Crippen LogP contribution in [0.3, 0.4) is 0 Å². The maximum atomic E-state index is 12.5. The molecule has 0 spiro atoms. The lowest BCUT2D eigenvalue weighted by molar-refractivity contribution is -0.123. The molecule has 28 heavy (non-hydrogen) atoms. The first kappa shape index (κ1) is 21.4. The van der Waals surface area contributed by atoms with Gasteiger partial charge in [0, 0.05) is 5.56 Å². The van der Waals surface area contributed by atoms with Crippen LogP contribution in [0.2, 0.25) is 0 Å². The minimum Gasteiger partial charge on any atom is -0.507 e. The number of benzene rings is 2. The zero-order valence-electron chi connectivity index (χ0n) is 15.8. The number of rotatable bonds is 7. The first-order valence-electron chi connectivity index (χ1n) is 8.58. The zero-order chi connectivity index (χ0) is 20.7. The van der Waals surface area contributed by atoms with Gasteiger partial charge in [-0.3, -0.25) is 9.59 Å². The molecule has 0 aliphatic rings. The van der Waals surface area contributed by atoms with Crippen molar-refractivity contribution in [1.29, 1.82) is 0 Å². The van der Waals surface area contributed by atoms with Crippen LogP contribution in [-0.4, -0.2) is 36.3 Å². The van der Waals surface area contributed by atoms with Crippen LogP contribution in [0.1, 0.15) is 29.8 Å². The smallest absolute Gasteiger partial charge is 0.262 e. The Hall–Kier alpha value is -2.87. The van der Waals surface area contributed by atoms with E-state index in [9.17, 15) is 14.7 Å².